The maximum atomic E-state index is 6.01. The van der Waals surface area contributed by atoms with Gasteiger partial charge in [0.15, 0.2) is 5.96 Å². The summed E-state index contributed by atoms with van der Waals surface area (Å²) in [5.41, 5.74) is 7.16. The van der Waals surface area contributed by atoms with Crippen LogP contribution < -0.4 is 5.73 Å². The van der Waals surface area contributed by atoms with Gasteiger partial charge < -0.3 is 10.6 Å². The number of nitrogens with two attached hydrogens (primary N) is 1. The fraction of sp³-hybridized carbons (Fsp3) is 0.667. The smallest absolute Gasteiger partial charge is 0.191 e. The molecule has 6 heteroatoms. The van der Waals surface area contributed by atoms with Crippen LogP contribution in [0.1, 0.15) is 30.5 Å². The monoisotopic (exact) mass is 284 g/mol. The average molecular weight is 284 g/mol. The van der Waals surface area contributed by atoms with Crippen LogP contribution >= 0.6 is 23.1 Å². The molecule has 1 aliphatic rings. The van der Waals surface area contributed by atoms with Crippen LogP contribution in [0.5, 0.6) is 0 Å². The number of nitrogens with zero attached hydrogens (tertiary/aromatic N) is 3. The Balaban J connectivity index is 1.91. The van der Waals surface area contributed by atoms with E-state index in [-0.39, 0.29) is 0 Å². The molecule has 0 aliphatic carbocycles. The van der Waals surface area contributed by atoms with Gasteiger partial charge in [-0.05, 0) is 5.92 Å². The van der Waals surface area contributed by atoms with Crippen LogP contribution in [0.15, 0.2) is 10.4 Å². The predicted octanol–water partition coefficient (Wildman–Crippen LogP) is 2.13. The van der Waals surface area contributed by atoms with E-state index in [0.717, 1.165) is 35.3 Å². The van der Waals surface area contributed by atoms with Crippen molar-refractivity contribution in [3.05, 3.63) is 16.1 Å². The van der Waals surface area contributed by atoms with Crippen molar-refractivity contribution >= 4 is 29.1 Å². The average Bonchev–Trinajstić information content (AvgIpc) is 2.86. The molecule has 2 N–H and O–H groups in total. The summed E-state index contributed by atoms with van der Waals surface area (Å²) in [4.78, 5) is 11.2. The molecule has 1 aromatic heterocycles. The Morgan fingerprint density at radius 3 is 2.83 bits per heavy atom. The molecule has 0 atom stereocenters. The lowest BCUT2D eigenvalue weighted by molar-refractivity contribution is 0.455. The van der Waals surface area contributed by atoms with E-state index in [1.54, 1.807) is 11.3 Å². The molecular weight excluding hydrogens is 264 g/mol. The minimum absolute atomic E-state index is 0.482. The summed E-state index contributed by atoms with van der Waals surface area (Å²) in [6, 6.07) is 0. The topological polar surface area (TPSA) is 54.5 Å². The number of hydrogen-bond donors (Lipinski definition) is 1. The fourth-order valence-corrected chi connectivity index (χ4v) is 3.49. The number of thioether (sulfide) groups is 1. The summed E-state index contributed by atoms with van der Waals surface area (Å²) in [6.45, 7) is 6.93. The van der Waals surface area contributed by atoms with Crippen LogP contribution in [-0.2, 0) is 6.54 Å². The van der Waals surface area contributed by atoms with Crippen molar-refractivity contribution in [2.45, 2.75) is 26.3 Å². The number of guanidine groups is 1. The molecule has 2 rings (SSSR count). The van der Waals surface area contributed by atoms with Crippen LogP contribution in [0.25, 0.3) is 0 Å². The Morgan fingerprint density at radius 2 is 2.22 bits per heavy atom. The molecule has 1 aromatic rings. The second kappa shape index (κ2) is 6.43. The van der Waals surface area contributed by atoms with Crippen molar-refractivity contribution in [2.24, 2.45) is 10.7 Å². The van der Waals surface area contributed by atoms with E-state index in [1.165, 1.54) is 0 Å². The zero-order chi connectivity index (χ0) is 13.0. The van der Waals surface area contributed by atoms with Gasteiger partial charge in [-0.25, -0.2) is 9.98 Å². The summed E-state index contributed by atoms with van der Waals surface area (Å²) in [5, 5.41) is 3.16. The number of aromatic nitrogens is 1. The van der Waals surface area contributed by atoms with Gasteiger partial charge in [-0.15, -0.1) is 11.3 Å². The van der Waals surface area contributed by atoms with Crippen LogP contribution in [0, 0.1) is 0 Å². The summed E-state index contributed by atoms with van der Waals surface area (Å²) < 4.78 is 0. The maximum Gasteiger partial charge on any atom is 0.191 e. The van der Waals surface area contributed by atoms with Gasteiger partial charge >= 0.3 is 0 Å². The molecular formula is C12H20N4S2. The van der Waals surface area contributed by atoms with E-state index < -0.39 is 0 Å². The van der Waals surface area contributed by atoms with E-state index in [0.29, 0.717) is 18.4 Å². The zero-order valence-electron chi connectivity index (χ0n) is 10.9. The van der Waals surface area contributed by atoms with E-state index in [2.05, 4.69) is 34.1 Å². The van der Waals surface area contributed by atoms with Crippen molar-refractivity contribution in [1.82, 2.24) is 9.88 Å². The van der Waals surface area contributed by atoms with E-state index in [1.807, 2.05) is 11.8 Å². The van der Waals surface area contributed by atoms with Gasteiger partial charge in [-0.2, -0.15) is 11.8 Å². The van der Waals surface area contributed by atoms with Crippen molar-refractivity contribution < 1.29 is 0 Å². The third-order valence-electron chi connectivity index (χ3n) is 2.87. The van der Waals surface area contributed by atoms with Gasteiger partial charge in [0.05, 0.1) is 12.2 Å². The Bertz CT molecular complexity index is 408. The summed E-state index contributed by atoms with van der Waals surface area (Å²) in [6.07, 6.45) is 0. The SMILES string of the molecule is CC(C)c1csc(CN=C(N)N2CCSCC2)n1. The molecule has 100 valence electrons. The quantitative estimate of drug-likeness (QED) is 0.682. The second-order valence-electron chi connectivity index (χ2n) is 4.59. The second-order valence-corrected chi connectivity index (χ2v) is 6.76. The highest BCUT2D eigenvalue weighted by Crippen LogP contribution is 2.18. The molecule has 0 saturated carbocycles. The van der Waals surface area contributed by atoms with Crippen molar-refractivity contribution in [2.75, 3.05) is 24.6 Å². The van der Waals surface area contributed by atoms with Gasteiger partial charge in [0.2, 0.25) is 0 Å². The van der Waals surface area contributed by atoms with Gasteiger partial charge in [0, 0.05) is 30.0 Å². The lowest BCUT2D eigenvalue weighted by Gasteiger charge is -2.27. The van der Waals surface area contributed by atoms with Gasteiger partial charge in [0.1, 0.15) is 5.01 Å². The van der Waals surface area contributed by atoms with Gasteiger partial charge in [0.25, 0.3) is 0 Å². The molecule has 0 spiro atoms. The maximum absolute atomic E-state index is 6.01. The predicted molar refractivity (Wildman–Crippen MR) is 80.4 cm³/mol. The highest BCUT2D eigenvalue weighted by atomic mass is 32.2. The first-order valence-electron chi connectivity index (χ1n) is 6.23. The third kappa shape index (κ3) is 3.62. The van der Waals surface area contributed by atoms with Crippen molar-refractivity contribution in [3.8, 4) is 0 Å². The normalized spacial score (nSPS) is 17.5. The zero-order valence-corrected chi connectivity index (χ0v) is 12.6. The Hall–Kier alpha value is -0.750. The number of rotatable bonds is 3. The fourth-order valence-electron chi connectivity index (χ4n) is 1.70. The van der Waals surface area contributed by atoms with E-state index >= 15 is 0 Å². The molecule has 1 aliphatic heterocycles. The molecule has 0 radical (unpaired) electrons. The highest BCUT2D eigenvalue weighted by Gasteiger charge is 2.12. The Labute approximate surface area is 117 Å². The Kier molecular flexibility index (Phi) is 4.88. The van der Waals surface area contributed by atoms with Crippen LogP contribution in [0.2, 0.25) is 0 Å². The lowest BCUT2D eigenvalue weighted by Crippen LogP contribution is -2.42. The number of aliphatic imine (C=N–C) groups is 1. The molecule has 2 heterocycles. The van der Waals surface area contributed by atoms with Gasteiger partial charge in [-0.1, -0.05) is 13.8 Å². The molecule has 18 heavy (non-hydrogen) atoms. The van der Waals surface area contributed by atoms with E-state index in [9.17, 15) is 0 Å². The van der Waals surface area contributed by atoms with Crippen LogP contribution in [0.3, 0.4) is 0 Å². The molecule has 0 bridgehead atoms. The first-order chi connectivity index (χ1) is 8.66. The number of thiazole rings is 1. The number of hydrogen-bond acceptors (Lipinski definition) is 4. The minimum Gasteiger partial charge on any atom is -0.370 e. The first-order valence-corrected chi connectivity index (χ1v) is 8.27. The molecule has 1 saturated heterocycles. The standard InChI is InChI=1S/C12H20N4S2/c1-9(2)10-8-18-11(15-10)7-14-12(13)16-3-5-17-6-4-16/h8-9H,3-7H2,1-2H3,(H2,13,14). The summed E-state index contributed by atoms with van der Waals surface area (Å²) >= 11 is 3.64. The highest BCUT2D eigenvalue weighted by molar-refractivity contribution is 7.99. The third-order valence-corrected chi connectivity index (χ3v) is 4.67. The largest absolute Gasteiger partial charge is 0.370 e. The van der Waals surface area contributed by atoms with E-state index in [4.69, 9.17) is 5.73 Å². The summed E-state index contributed by atoms with van der Waals surface area (Å²) in [5.74, 6) is 3.43. The molecule has 0 unspecified atom stereocenters. The van der Waals surface area contributed by atoms with Crippen molar-refractivity contribution in [3.63, 3.8) is 0 Å². The first kappa shape index (κ1) is 13.7. The minimum atomic E-state index is 0.482. The van der Waals surface area contributed by atoms with Crippen molar-refractivity contribution in [1.29, 1.82) is 0 Å². The van der Waals surface area contributed by atoms with Crippen LogP contribution in [-0.4, -0.2) is 40.4 Å². The summed E-state index contributed by atoms with van der Waals surface area (Å²) in [7, 11) is 0. The molecule has 1 fully saturated rings. The molecule has 4 nitrogen and oxygen atoms in total. The molecule has 0 aromatic carbocycles. The lowest BCUT2D eigenvalue weighted by atomic mass is 10.2. The Morgan fingerprint density at radius 1 is 1.50 bits per heavy atom. The van der Waals surface area contributed by atoms with Crippen LogP contribution in [0.4, 0.5) is 0 Å². The molecule has 0 amide bonds. The van der Waals surface area contributed by atoms with Gasteiger partial charge in [-0.3, -0.25) is 0 Å².